The second-order valence-corrected chi connectivity index (χ2v) is 6.24. The molecule has 0 aliphatic heterocycles. The summed E-state index contributed by atoms with van der Waals surface area (Å²) >= 11 is 0. The number of hydrogen-bond donors (Lipinski definition) is 1. The first kappa shape index (κ1) is 12.4. The summed E-state index contributed by atoms with van der Waals surface area (Å²) < 4.78 is 0. The summed E-state index contributed by atoms with van der Waals surface area (Å²) in [4.78, 5) is 0. The molecule has 2 saturated carbocycles. The molecular formula is C15H28O. The van der Waals surface area contributed by atoms with Crippen molar-refractivity contribution in [1.82, 2.24) is 0 Å². The van der Waals surface area contributed by atoms with Gasteiger partial charge in [-0.15, -0.1) is 0 Å². The number of fused-ring (bicyclic) bond motifs is 2. The highest BCUT2D eigenvalue weighted by Gasteiger charge is 2.39. The Morgan fingerprint density at radius 3 is 2.38 bits per heavy atom. The molecule has 0 aromatic heterocycles. The summed E-state index contributed by atoms with van der Waals surface area (Å²) in [5, 5.41) is 10.2. The molecule has 0 aromatic carbocycles. The molecule has 0 aromatic rings. The number of rotatable bonds is 6. The fourth-order valence-electron chi connectivity index (χ4n) is 4.12. The Balaban J connectivity index is 1.72. The molecule has 0 saturated heterocycles. The summed E-state index contributed by atoms with van der Waals surface area (Å²) in [6, 6.07) is 0. The fourth-order valence-corrected chi connectivity index (χ4v) is 4.12. The zero-order chi connectivity index (χ0) is 11.5. The fraction of sp³-hybridized carbons (Fsp3) is 1.00. The third-order valence-electron chi connectivity index (χ3n) is 5.22. The molecule has 2 bridgehead atoms. The molecule has 0 radical (unpaired) electrons. The van der Waals surface area contributed by atoms with E-state index in [-0.39, 0.29) is 6.10 Å². The van der Waals surface area contributed by atoms with Crippen molar-refractivity contribution < 1.29 is 5.11 Å². The van der Waals surface area contributed by atoms with Gasteiger partial charge in [0.1, 0.15) is 0 Å². The molecule has 0 spiro atoms. The Kier molecular flexibility index (Phi) is 4.29. The zero-order valence-corrected chi connectivity index (χ0v) is 11.0. The van der Waals surface area contributed by atoms with Gasteiger partial charge in [0.05, 0.1) is 6.10 Å². The highest BCUT2D eigenvalue weighted by Crippen LogP contribution is 2.50. The molecule has 2 rings (SSSR count). The van der Waals surface area contributed by atoms with Gasteiger partial charge in [-0.1, -0.05) is 33.1 Å². The van der Waals surface area contributed by atoms with E-state index in [1.165, 1.54) is 38.5 Å². The molecule has 1 heteroatoms. The van der Waals surface area contributed by atoms with Crippen molar-refractivity contribution >= 4 is 0 Å². The second-order valence-electron chi connectivity index (χ2n) is 6.24. The molecule has 4 atom stereocenters. The van der Waals surface area contributed by atoms with Crippen LogP contribution in [0.4, 0.5) is 0 Å². The zero-order valence-electron chi connectivity index (χ0n) is 11.0. The van der Waals surface area contributed by atoms with Gasteiger partial charge in [-0.05, 0) is 55.8 Å². The van der Waals surface area contributed by atoms with Gasteiger partial charge < -0.3 is 5.11 Å². The first-order valence-corrected chi connectivity index (χ1v) is 7.40. The maximum atomic E-state index is 10.2. The van der Waals surface area contributed by atoms with Crippen molar-refractivity contribution in [3.05, 3.63) is 0 Å². The third kappa shape index (κ3) is 2.80. The van der Waals surface area contributed by atoms with E-state index in [0.29, 0.717) is 0 Å². The van der Waals surface area contributed by atoms with E-state index in [2.05, 4.69) is 13.8 Å². The van der Waals surface area contributed by atoms with E-state index in [1.807, 2.05) is 0 Å². The van der Waals surface area contributed by atoms with Crippen molar-refractivity contribution in [1.29, 1.82) is 0 Å². The van der Waals surface area contributed by atoms with Crippen LogP contribution in [0, 0.1) is 23.7 Å². The average Bonchev–Trinajstić information content (AvgIpc) is 2.87. The lowest BCUT2D eigenvalue weighted by Crippen LogP contribution is -2.20. The van der Waals surface area contributed by atoms with Crippen LogP contribution < -0.4 is 0 Å². The molecule has 0 amide bonds. The maximum Gasteiger partial charge on any atom is 0.0545 e. The maximum absolute atomic E-state index is 10.2. The van der Waals surface area contributed by atoms with Crippen LogP contribution in [0.3, 0.4) is 0 Å². The molecule has 94 valence electrons. The highest BCUT2D eigenvalue weighted by atomic mass is 16.3. The minimum Gasteiger partial charge on any atom is -0.393 e. The van der Waals surface area contributed by atoms with E-state index in [1.54, 1.807) is 0 Å². The summed E-state index contributed by atoms with van der Waals surface area (Å²) in [5.74, 6) is 3.61. The van der Waals surface area contributed by atoms with E-state index in [0.717, 1.165) is 36.5 Å². The molecule has 1 N–H and O–H groups in total. The van der Waals surface area contributed by atoms with Gasteiger partial charge in [0, 0.05) is 0 Å². The highest BCUT2D eigenvalue weighted by molar-refractivity contribution is 4.90. The van der Waals surface area contributed by atoms with Crippen LogP contribution in [-0.4, -0.2) is 11.2 Å². The summed E-state index contributed by atoms with van der Waals surface area (Å²) in [6.45, 7) is 4.50. The van der Waals surface area contributed by atoms with Gasteiger partial charge in [0.2, 0.25) is 0 Å². The number of hydrogen-bond acceptors (Lipinski definition) is 1. The summed E-state index contributed by atoms with van der Waals surface area (Å²) in [7, 11) is 0. The smallest absolute Gasteiger partial charge is 0.0545 e. The van der Waals surface area contributed by atoms with Crippen LogP contribution in [0.1, 0.15) is 65.2 Å². The van der Waals surface area contributed by atoms with Crippen molar-refractivity contribution in [3.63, 3.8) is 0 Å². The molecule has 2 aliphatic rings. The number of aliphatic hydroxyl groups is 1. The summed E-state index contributed by atoms with van der Waals surface area (Å²) in [5.41, 5.74) is 0. The Bertz CT molecular complexity index is 209. The van der Waals surface area contributed by atoms with Crippen molar-refractivity contribution in [2.45, 2.75) is 71.3 Å². The Morgan fingerprint density at radius 1 is 1.12 bits per heavy atom. The molecule has 1 nitrogen and oxygen atoms in total. The van der Waals surface area contributed by atoms with E-state index >= 15 is 0 Å². The monoisotopic (exact) mass is 224 g/mol. The standard InChI is InChI=1S/C15H28O/c1-3-11(4-2)9-15(16)10-14-8-12-5-6-13(14)7-12/h11-16H,3-10H2,1-2H3. The minimum atomic E-state index is -0.0192. The minimum absolute atomic E-state index is 0.0192. The first-order chi connectivity index (χ1) is 7.72. The lowest BCUT2D eigenvalue weighted by molar-refractivity contribution is 0.0980. The third-order valence-corrected chi connectivity index (χ3v) is 5.22. The van der Waals surface area contributed by atoms with E-state index < -0.39 is 0 Å². The van der Waals surface area contributed by atoms with Gasteiger partial charge in [0.15, 0.2) is 0 Å². The Labute approximate surface area is 101 Å². The van der Waals surface area contributed by atoms with Crippen LogP contribution >= 0.6 is 0 Å². The van der Waals surface area contributed by atoms with Crippen LogP contribution in [0.2, 0.25) is 0 Å². The average molecular weight is 224 g/mol. The van der Waals surface area contributed by atoms with Crippen molar-refractivity contribution in [3.8, 4) is 0 Å². The van der Waals surface area contributed by atoms with Crippen LogP contribution in [0.25, 0.3) is 0 Å². The van der Waals surface area contributed by atoms with Crippen molar-refractivity contribution in [2.75, 3.05) is 0 Å². The lowest BCUT2D eigenvalue weighted by atomic mass is 9.82. The predicted octanol–water partition coefficient (Wildman–Crippen LogP) is 4.00. The lowest BCUT2D eigenvalue weighted by Gasteiger charge is -2.25. The largest absolute Gasteiger partial charge is 0.393 e. The quantitative estimate of drug-likeness (QED) is 0.723. The molecule has 16 heavy (non-hydrogen) atoms. The Hall–Kier alpha value is -0.0400. The Morgan fingerprint density at radius 2 is 1.88 bits per heavy atom. The molecule has 2 aliphatic carbocycles. The predicted molar refractivity (Wildman–Crippen MR) is 68.3 cm³/mol. The van der Waals surface area contributed by atoms with Gasteiger partial charge in [-0.3, -0.25) is 0 Å². The normalized spacial score (nSPS) is 34.9. The van der Waals surface area contributed by atoms with Gasteiger partial charge in [0.25, 0.3) is 0 Å². The second kappa shape index (κ2) is 5.53. The number of aliphatic hydroxyl groups excluding tert-OH is 1. The SMILES string of the molecule is CCC(CC)CC(O)CC1CC2CCC1C2. The first-order valence-electron chi connectivity index (χ1n) is 7.40. The molecule has 4 unspecified atom stereocenters. The van der Waals surface area contributed by atoms with Gasteiger partial charge in [-0.2, -0.15) is 0 Å². The topological polar surface area (TPSA) is 20.2 Å². The van der Waals surface area contributed by atoms with Gasteiger partial charge in [-0.25, -0.2) is 0 Å². The van der Waals surface area contributed by atoms with E-state index in [9.17, 15) is 5.11 Å². The molecular weight excluding hydrogens is 196 g/mol. The van der Waals surface area contributed by atoms with Gasteiger partial charge >= 0.3 is 0 Å². The van der Waals surface area contributed by atoms with E-state index in [4.69, 9.17) is 0 Å². The summed E-state index contributed by atoms with van der Waals surface area (Å²) in [6.07, 6.45) is 10.4. The molecule has 0 heterocycles. The van der Waals surface area contributed by atoms with Crippen LogP contribution in [-0.2, 0) is 0 Å². The molecule has 2 fully saturated rings. The van der Waals surface area contributed by atoms with Crippen molar-refractivity contribution in [2.24, 2.45) is 23.7 Å². The van der Waals surface area contributed by atoms with Crippen LogP contribution in [0.15, 0.2) is 0 Å². The van der Waals surface area contributed by atoms with Crippen LogP contribution in [0.5, 0.6) is 0 Å².